The molecule has 1 heterocycles. The minimum absolute atomic E-state index is 0.0514. The summed E-state index contributed by atoms with van der Waals surface area (Å²) in [5, 5.41) is 0.685. The fraction of sp³-hybridized carbons (Fsp3) is 0.143. The third kappa shape index (κ3) is 3.52. The van der Waals surface area contributed by atoms with Gasteiger partial charge in [0.1, 0.15) is 11.6 Å². The summed E-state index contributed by atoms with van der Waals surface area (Å²) < 4.78 is 13.6. The number of hydrogen-bond acceptors (Lipinski definition) is 2. The van der Waals surface area contributed by atoms with Crippen molar-refractivity contribution in [1.82, 2.24) is 4.98 Å². The van der Waals surface area contributed by atoms with E-state index in [1.54, 1.807) is 18.3 Å². The molecule has 0 aliphatic heterocycles. The molecule has 2 aromatic rings. The number of ketones is 1. The van der Waals surface area contributed by atoms with Crippen LogP contribution in [0, 0.1) is 5.82 Å². The number of halogens is 3. The normalized spacial score (nSPS) is 10.5. The third-order valence-electron chi connectivity index (χ3n) is 2.68. The van der Waals surface area contributed by atoms with E-state index in [2.05, 4.69) is 4.98 Å². The van der Waals surface area contributed by atoms with Gasteiger partial charge in [0.2, 0.25) is 0 Å². The van der Waals surface area contributed by atoms with Crippen molar-refractivity contribution in [3.8, 4) is 0 Å². The molecule has 1 aromatic carbocycles. The quantitative estimate of drug-likeness (QED) is 0.857. The Labute approximate surface area is 120 Å². The molecule has 98 valence electrons. The van der Waals surface area contributed by atoms with Gasteiger partial charge in [-0.3, -0.25) is 9.78 Å². The highest BCUT2D eigenvalue weighted by Gasteiger charge is 2.13. The predicted molar refractivity (Wildman–Crippen MR) is 73.1 cm³/mol. The summed E-state index contributed by atoms with van der Waals surface area (Å²) in [4.78, 5) is 15.8. The lowest BCUT2D eigenvalue weighted by Gasteiger charge is -2.06. The Bertz CT molecular complexity index is 596. The van der Waals surface area contributed by atoms with Gasteiger partial charge in [-0.05, 0) is 23.8 Å². The van der Waals surface area contributed by atoms with Crippen molar-refractivity contribution in [2.75, 3.05) is 0 Å². The largest absolute Gasteiger partial charge is 0.299 e. The van der Waals surface area contributed by atoms with E-state index in [1.807, 2.05) is 0 Å². The van der Waals surface area contributed by atoms with Gasteiger partial charge in [-0.2, -0.15) is 0 Å². The number of aromatic nitrogens is 1. The van der Waals surface area contributed by atoms with E-state index in [9.17, 15) is 9.18 Å². The van der Waals surface area contributed by atoms with Crippen LogP contribution in [-0.2, 0) is 17.6 Å². The van der Waals surface area contributed by atoms with Crippen LogP contribution in [0.2, 0.25) is 10.0 Å². The molecule has 0 saturated heterocycles. The number of hydrogen-bond donors (Lipinski definition) is 0. The molecule has 0 bridgehead atoms. The molecule has 0 fully saturated rings. The van der Waals surface area contributed by atoms with Crippen LogP contribution in [-0.4, -0.2) is 10.8 Å². The first-order chi connectivity index (χ1) is 9.08. The molecule has 0 spiro atoms. The maximum Gasteiger partial charge on any atom is 0.141 e. The van der Waals surface area contributed by atoms with Gasteiger partial charge in [0, 0.05) is 35.8 Å². The molecule has 0 N–H and O–H groups in total. The van der Waals surface area contributed by atoms with Gasteiger partial charge in [0.05, 0.1) is 5.02 Å². The van der Waals surface area contributed by atoms with Crippen LogP contribution < -0.4 is 0 Å². The van der Waals surface area contributed by atoms with Gasteiger partial charge in [-0.25, -0.2) is 4.39 Å². The minimum atomic E-state index is -0.471. The molecule has 19 heavy (non-hydrogen) atoms. The summed E-state index contributed by atoms with van der Waals surface area (Å²) in [7, 11) is 0. The molecule has 0 radical (unpaired) electrons. The van der Waals surface area contributed by atoms with E-state index in [0.717, 1.165) is 0 Å². The van der Waals surface area contributed by atoms with Crippen molar-refractivity contribution in [3.05, 3.63) is 63.6 Å². The van der Waals surface area contributed by atoms with Crippen LogP contribution in [0.25, 0.3) is 0 Å². The van der Waals surface area contributed by atoms with E-state index >= 15 is 0 Å². The second kappa shape index (κ2) is 6.13. The number of benzene rings is 1. The van der Waals surface area contributed by atoms with Crippen molar-refractivity contribution in [2.24, 2.45) is 0 Å². The molecule has 0 aliphatic rings. The second-order valence-corrected chi connectivity index (χ2v) is 4.87. The zero-order valence-electron chi connectivity index (χ0n) is 9.87. The van der Waals surface area contributed by atoms with Crippen molar-refractivity contribution >= 4 is 29.0 Å². The summed E-state index contributed by atoms with van der Waals surface area (Å²) in [5.41, 5.74) is 0.897. The lowest BCUT2D eigenvalue weighted by molar-refractivity contribution is -0.117. The number of carbonyl (C=O) groups is 1. The zero-order chi connectivity index (χ0) is 13.8. The minimum Gasteiger partial charge on any atom is -0.299 e. The molecular formula is C14H10Cl2FNO. The van der Waals surface area contributed by atoms with Crippen LogP contribution in [0.15, 0.2) is 36.7 Å². The van der Waals surface area contributed by atoms with Gasteiger partial charge in [-0.15, -0.1) is 0 Å². The Morgan fingerprint density at radius 3 is 2.63 bits per heavy atom. The average molecular weight is 298 g/mol. The highest BCUT2D eigenvalue weighted by molar-refractivity contribution is 6.32. The maximum atomic E-state index is 13.6. The zero-order valence-corrected chi connectivity index (χ0v) is 11.4. The van der Waals surface area contributed by atoms with Crippen molar-refractivity contribution in [3.63, 3.8) is 0 Å². The lowest BCUT2D eigenvalue weighted by Crippen LogP contribution is -2.09. The van der Waals surface area contributed by atoms with Crippen molar-refractivity contribution in [2.45, 2.75) is 12.8 Å². The summed E-state index contributed by atoms with van der Waals surface area (Å²) in [6, 6.07) is 6.02. The Morgan fingerprint density at radius 1 is 1.16 bits per heavy atom. The molecule has 2 nitrogen and oxygen atoms in total. The molecule has 1 aromatic heterocycles. The van der Waals surface area contributed by atoms with E-state index in [0.29, 0.717) is 10.6 Å². The summed E-state index contributed by atoms with van der Waals surface area (Å²) in [6.45, 7) is 0. The van der Waals surface area contributed by atoms with Gasteiger partial charge in [0.25, 0.3) is 0 Å². The molecule has 0 aliphatic carbocycles. The van der Waals surface area contributed by atoms with Crippen LogP contribution in [0.1, 0.15) is 11.1 Å². The van der Waals surface area contributed by atoms with E-state index < -0.39 is 5.82 Å². The molecule has 2 rings (SSSR count). The van der Waals surface area contributed by atoms with Crippen LogP contribution >= 0.6 is 23.2 Å². The molecule has 0 unspecified atom stereocenters. The van der Waals surface area contributed by atoms with Gasteiger partial charge in [0.15, 0.2) is 0 Å². The number of carbonyl (C=O) groups excluding carboxylic acids is 1. The van der Waals surface area contributed by atoms with Crippen LogP contribution in [0.5, 0.6) is 0 Å². The van der Waals surface area contributed by atoms with Gasteiger partial charge >= 0.3 is 0 Å². The average Bonchev–Trinajstić information content (AvgIpc) is 2.37. The van der Waals surface area contributed by atoms with Crippen molar-refractivity contribution in [1.29, 1.82) is 0 Å². The number of nitrogens with zero attached hydrogens (tertiary/aromatic N) is 1. The molecule has 0 amide bonds. The van der Waals surface area contributed by atoms with Crippen LogP contribution in [0.3, 0.4) is 0 Å². The Hall–Kier alpha value is -1.45. The maximum absolute atomic E-state index is 13.6. The van der Waals surface area contributed by atoms with E-state index in [4.69, 9.17) is 23.2 Å². The van der Waals surface area contributed by atoms with E-state index in [-0.39, 0.29) is 29.2 Å². The standard InChI is InChI=1S/C14H10Cl2FNO/c15-12-2-1-3-14(17)11(12)7-10(19)6-9-4-5-18-8-13(9)16/h1-5,8H,6-7H2. The highest BCUT2D eigenvalue weighted by Crippen LogP contribution is 2.21. The number of Topliss-reactive ketones (excluding diaryl/α,β-unsaturated/α-hetero) is 1. The van der Waals surface area contributed by atoms with Crippen LogP contribution in [0.4, 0.5) is 4.39 Å². The summed E-state index contributed by atoms with van der Waals surface area (Å²) >= 11 is 11.8. The highest BCUT2D eigenvalue weighted by atomic mass is 35.5. The summed E-state index contributed by atoms with van der Waals surface area (Å²) in [6.07, 6.45) is 3.11. The first kappa shape index (κ1) is 14.0. The lowest BCUT2D eigenvalue weighted by atomic mass is 10.0. The molecule has 0 saturated carbocycles. The fourth-order valence-electron chi connectivity index (χ4n) is 1.72. The Morgan fingerprint density at radius 2 is 1.95 bits per heavy atom. The Balaban J connectivity index is 2.12. The van der Waals surface area contributed by atoms with E-state index in [1.165, 1.54) is 18.3 Å². The summed E-state index contributed by atoms with van der Waals surface area (Å²) in [5.74, 6) is -0.623. The Kier molecular flexibility index (Phi) is 4.51. The monoisotopic (exact) mass is 297 g/mol. The second-order valence-electron chi connectivity index (χ2n) is 4.06. The third-order valence-corrected chi connectivity index (χ3v) is 3.37. The molecule has 5 heteroatoms. The predicted octanol–water partition coefficient (Wildman–Crippen LogP) is 3.88. The first-order valence-electron chi connectivity index (χ1n) is 5.61. The topological polar surface area (TPSA) is 30.0 Å². The smallest absolute Gasteiger partial charge is 0.141 e. The van der Waals surface area contributed by atoms with Gasteiger partial charge < -0.3 is 0 Å². The van der Waals surface area contributed by atoms with Gasteiger partial charge in [-0.1, -0.05) is 29.3 Å². The molecular weight excluding hydrogens is 288 g/mol. The first-order valence-corrected chi connectivity index (χ1v) is 6.36. The molecule has 0 atom stereocenters. The SMILES string of the molecule is O=C(Cc1ccncc1Cl)Cc1c(F)cccc1Cl. The number of pyridine rings is 1. The fourth-order valence-corrected chi connectivity index (χ4v) is 2.14. The number of rotatable bonds is 4. The van der Waals surface area contributed by atoms with Crippen molar-refractivity contribution < 1.29 is 9.18 Å².